The molecule has 0 saturated heterocycles. The first kappa shape index (κ1) is 18.6. The number of carbonyl (C=O) groups excluding carboxylic acids is 1. The number of anilines is 1. The van der Waals surface area contributed by atoms with Crippen molar-refractivity contribution in [1.29, 1.82) is 0 Å². The van der Waals surface area contributed by atoms with Gasteiger partial charge in [-0.05, 0) is 25.5 Å². The maximum absolute atomic E-state index is 13.8. The van der Waals surface area contributed by atoms with Gasteiger partial charge in [0, 0.05) is 23.4 Å². The molecule has 0 aliphatic carbocycles. The number of rotatable bonds is 4. The first-order valence-corrected chi connectivity index (χ1v) is 7.99. The van der Waals surface area contributed by atoms with Gasteiger partial charge in [0.25, 0.3) is 5.91 Å². The van der Waals surface area contributed by atoms with Gasteiger partial charge in [-0.15, -0.1) is 0 Å². The molecule has 0 aliphatic rings. The van der Waals surface area contributed by atoms with E-state index in [2.05, 4.69) is 10.4 Å². The molecule has 0 fully saturated rings. The Morgan fingerprint density at radius 2 is 1.81 bits per heavy atom. The summed E-state index contributed by atoms with van der Waals surface area (Å²) < 4.78 is 54.9. The number of aromatic nitrogens is 2. The first-order valence-electron chi connectivity index (χ1n) is 7.99. The Labute approximate surface area is 152 Å². The Bertz CT molecular complexity index is 1030. The Morgan fingerprint density at radius 3 is 2.56 bits per heavy atom. The third-order valence-corrected chi connectivity index (χ3v) is 4.06. The molecule has 27 heavy (non-hydrogen) atoms. The fourth-order valence-corrected chi connectivity index (χ4v) is 2.60. The van der Waals surface area contributed by atoms with E-state index < -0.39 is 35.4 Å². The van der Waals surface area contributed by atoms with Gasteiger partial charge < -0.3 is 5.32 Å². The second kappa shape index (κ2) is 7.22. The van der Waals surface area contributed by atoms with E-state index in [4.69, 9.17) is 0 Å². The number of carbonyl (C=O) groups is 1. The quantitative estimate of drug-likeness (QED) is 0.417. The standard InChI is InChI=1S/C19H15F4N3O/c1-10-3-4-11(2)13(5-10)19(27)25-12-7-24-26(8-12)9-14-15(20)6-16(21)18(23)17(14)22/h3-8H,9H2,1-2H3,(H,25,27). The molecule has 140 valence electrons. The van der Waals surface area contributed by atoms with Crippen LogP contribution in [0.25, 0.3) is 0 Å². The summed E-state index contributed by atoms with van der Waals surface area (Å²) in [5.74, 6) is -6.54. The van der Waals surface area contributed by atoms with Crippen molar-refractivity contribution in [2.24, 2.45) is 0 Å². The Balaban J connectivity index is 1.79. The minimum atomic E-state index is -1.75. The van der Waals surface area contributed by atoms with Crippen LogP contribution in [0.5, 0.6) is 0 Å². The van der Waals surface area contributed by atoms with Crippen molar-refractivity contribution in [2.75, 3.05) is 5.32 Å². The lowest BCUT2D eigenvalue weighted by molar-refractivity contribution is 0.102. The molecule has 0 atom stereocenters. The zero-order valence-electron chi connectivity index (χ0n) is 14.5. The molecule has 0 saturated carbocycles. The molecule has 4 nitrogen and oxygen atoms in total. The fraction of sp³-hybridized carbons (Fsp3) is 0.158. The van der Waals surface area contributed by atoms with E-state index in [1.165, 1.54) is 12.4 Å². The molecule has 3 aromatic rings. The van der Waals surface area contributed by atoms with E-state index >= 15 is 0 Å². The molecular weight excluding hydrogens is 362 g/mol. The van der Waals surface area contributed by atoms with Gasteiger partial charge in [-0.1, -0.05) is 17.7 Å². The molecule has 8 heteroatoms. The van der Waals surface area contributed by atoms with E-state index in [0.29, 0.717) is 11.3 Å². The highest BCUT2D eigenvalue weighted by molar-refractivity contribution is 6.05. The van der Waals surface area contributed by atoms with E-state index in [1.54, 1.807) is 13.0 Å². The van der Waals surface area contributed by atoms with E-state index in [9.17, 15) is 22.4 Å². The molecule has 0 radical (unpaired) electrons. The van der Waals surface area contributed by atoms with Crippen molar-refractivity contribution in [3.63, 3.8) is 0 Å². The number of nitrogens with one attached hydrogen (secondary N) is 1. The molecular formula is C19H15F4N3O. The number of halogens is 4. The maximum Gasteiger partial charge on any atom is 0.256 e. The zero-order valence-corrected chi connectivity index (χ0v) is 14.5. The number of benzene rings is 2. The second-order valence-corrected chi connectivity index (χ2v) is 6.15. The number of amides is 1. The number of nitrogens with zero attached hydrogens (tertiary/aromatic N) is 2. The average Bonchev–Trinajstić information content (AvgIpc) is 3.06. The summed E-state index contributed by atoms with van der Waals surface area (Å²) in [4.78, 5) is 12.4. The monoisotopic (exact) mass is 377 g/mol. The zero-order chi connectivity index (χ0) is 19.7. The van der Waals surface area contributed by atoms with Crippen LogP contribution in [0.3, 0.4) is 0 Å². The molecule has 1 N–H and O–H groups in total. The van der Waals surface area contributed by atoms with Crippen molar-refractivity contribution in [3.05, 3.63) is 82.2 Å². The van der Waals surface area contributed by atoms with Crippen LogP contribution < -0.4 is 5.32 Å². The summed E-state index contributed by atoms with van der Waals surface area (Å²) in [6.45, 7) is 3.19. The predicted molar refractivity (Wildman–Crippen MR) is 91.5 cm³/mol. The topological polar surface area (TPSA) is 46.9 Å². The smallest absolute Gasteiger partial charge is 0.256 e. The molecule has 0 aliphatic heterocycles. The van der Waals surface area contributed by atoms with Gasteiger partial charge in [-0.3, -0.25) is 9.48 Å². The SMILES string of the molecule is Cc1ccc(C)c(C(=O)Nc2cnn(Cc3c(F)cc(F)c(F)c3F)c2)c1. The predicted octanol–water partition coefficient (Wildman–Crippen LogP) is 4.36. The van der Waals surface area contributed by atoms with Crippen molar-refractivity contribution < 1.29 is 22.4 Å². The molecule has 0 unspecified atom stereocenters. The first-order chi connectivity index (χ1) is 12.8. The van der Waals surface area contributed by atoms with Crippen LogP contribution in [0.2, 0.25) is 0 Å². The Morgan fingerprint density at radius 1 is 1.07 bits per heavy atom. The Kier molecular flexibility index (Phi) is 4.98. The van der Waals surface area contributed by atoms with Gasteiger partial charge in [0.15, 0.2) is 17.5 Å². The van der Waals surface area contributed by atoms with Gasteiger partial charge in [0.05, 0.1) is 18.4 Å². The van der Waals surface area contributed by atoms with Crippen LogP contribution in [-0.2, 0) is 6.54 Å². The average molecular weight is 377 g/mol. The van der Waals surface area contributed by atoms with Gasteiger partial charge in [0.2, 0.25) is 0 Å². The highest BCUT2D eigenvalue weighted by atomic mass is 19.2. The molecule has 1 heterocycles. The van der Waals surface area contributed by atoms with Crippen LogP contribution >= 0.6 is 0 Å². The third-order valence-electron chi connectivity index (χ3n) is 4.06. The molecule has 3 rings (SSSR count). The van der Waals surface area contributed by atoms with Gasteiger partial charge in [-0.2, -0.15) is 5.10 Å². The lowest BCUT2D eigenvalue weighted by Crippen LogP contribution is -2.13. The van der Waals surface area contributed by atoms with Crippen LogP contribution in [0, 0.1) is 37.1 Å². The van der Waals surface area contributed by atoms with Crippen molar-refractivity contribution >= 4 is 11.6 Å². The highest BCUT2D eigenvalue weighted by Gasteiger charge is 2.19. The summed E-state index contributed by atoms with van der Waals surface area (Å²) in [7, 11) is 0. The summed E-state index contributed by atoms with van der Waals surface area (Å²) >= 11 is 0. The summed E-state index contributed by atoms with van der Waals surface area (Å²) in [5, 5.41) is 6.52. The van der Waals surface area contributed by atoms with Crippen molar-refractivity contribution in [1.82, 2.24) is 9.78 Å². The molecule has 0 bridgehead atoms. The van der Waals surface area contributed by atoms with Gasteiger partial charge >= 0.3 is 0 Å². The van der Waals surface area contributed by atoms with Crippen molar-refractivity contribution in [3.8, 4) is 0 Å². The maximum atomic E-state index is 13.8. The fourth-order valence-electron chi connectivity index (χ4n) is 2.60. The molecule has 0 spiro atoms. The summed E-state index contributed by atoms with van der Waals surface area (Å²) in [5.41, 5.74) is 1.83. The molecule has 2 aromatic carbocycles. The van der Waals surface area contributed by atoms with Crippen LogP contribution in [0.15, 0.2) is 36.7 Å². The van der Waals surface area contributed by atoms with Gasteiger partial charge in [-0.25, -0.2) is 17.6 Å². The molecule has 1 amide bonds. The largest absolute Gasteiger partial charge is 0.319 e. The third kappa shape index (κ3) is 3.84. The van der Waals surface area contributed by atoms with E-state index in [0.717, 1.165) is 15.8 Å². The number of hydrogen-bond donors (Lipinski definition) is 1. The summed E-state index contributed by atoms with van der Waals surface area (Å²) in [6, 6.07) is 5.72. The van der Waals surface area contributed by atoms with Crippen molar-refractivity contribution in [2.45, 2.75) is 20.4 Å². The van der Waals surface area contributed by atoms with Crippen LogP contribution in [-0.4, -0.2) is 15.7 Å². The number of hydrogen-bond acceptors (Lipinski definition) is 2. The van der Waals surface area contributed by atoms with E-state index in [-0.39, 0.29) is 12.0 Å². The summed E-state index contributed by atoms with van der Waals surface area (Å²) in [6.07, 6.45) is 2.63. The van der Waals surface area contributed by atoms with E-state index in [1.807, 2.05) is 19.1 Å². The van der Waals surface area contributed by atoms with Crippen LogP contribution in [0.4, 0.5) is 23.2 Å². The molecule has 1 aromatic heterocycles. The lowest BCUT2D eigenvalue weighted by Gasteiger charge is -2.08. The normalized spacial score (nSPS) is 10.9. The number of aryl methyl sites for hydroxylation is 2. The minimum Gasteiger partial charge on any atom is -0.319 e. The second-order valence-electron chi connectivity index (χ2n) is 6.15. The Hall–Kier alpha value is -3.16. The minimum absolute atomic E-state index is 0.278. The highest BCUT2D eigenvalue weighted by Crippen LogP contribution is 2.21. The van der Waals surface area contributed by atoms with Crippen LogP contribution in [0.1, 0.15) is 27.0 Å². The van der Waals surface area contributed by atoms with Gasteiger partial charge in [0.1, 0.15) is 5.82 Å². The lowest BCUT2D eigenvalue weighted by atomic mass is 10.1.